The molecule has 146 valence electrons. The lowest BCUT2D eigenvalue weighted by Crippen LogP contribution is -2.47. The largest absolute Gasteiger partial charge is 0.324 e. The summed E-state index contributed by atoms with van der Waals surface area (Å²) in [5, 5.41) is 3.32. The molecule has 0 heterocycles. The van der Waals surface area contributed by atoms with Crippen molar-refractivity contribution < 1.29 is 13.2 Å². The second-order valence-electron chi connectivity index (χ2n) is 6.78. The van der Waals surface area contributed by atoms with Gasteiger partial charge in [-0.25, -0.2) is 8.42 Å². The number of carbonyl (C=O) groups is 1. The highest BCUT2D eigenvalue weighted by atomic mass is 35.5. The predicted octanol–water partition coefficient (Wildman–Crippen LogP) is 4.45. The Hall–Kier alpha value is -2.05. The lowest BCUT2D eigenvalue weighted by Gasteiger charge is -2.30. The van der Waals surface area contributed by atoms with Crippen LogP contribution in [0.15, 0.2) is 36.4 Å². The predicted molar refractivity (Wildman–Crippen MR) is 112 cm³/mol. The fourth-order valence-corrected chi connectivity index (χ4v) is 4.45. The standard InChI is InChI=1S/C20H25ClN2O3S/c1-6-19(20(24)22-18-12-16(21)8-7-15(18)4)23(27(5,25)26)17-10-13(2)9-14(3)11-17/h7-12,19H,6H2,1-5H3,(H,22,24)/t19-/m1/s1. The number of halogens is 1. The Bertz CT molecular complexity index is 937. The van der Waals surface area contributed by atoms with Crippen molar-refractivity contribution in [2.45, 2.75) is 40.2 Å². The van der Waals surface area contributed by atoms with Crippen molar-refractivity contribution in [1.29, 1.82) is 0 Å². The number of hydrogen-bond acceptors (Lipinski definition) is 3. The normalized spacial score (nSPS) is 12.5. The van der Waals surface area contributed by atoms with Crippen LogP contribution in [0.4, 0.5) is 11.4 Å². The molecule has 0 spiro atoms. The van der Waals surface area contributed by atoms with Gasteiger partial charge in [0, 0.05) is 10.7 Å². The lowest BCUT2D eigenvalue weighted by molar-refractivity contribution is -0.117. The van der Waals surface area contributed by atoms with Crippen LogP contribution in [0.2, 0.25) is 5.02 Å². The molecule has 0 fully saturated rings. The van der Waals surface area contributed by atoms with E-state index in [1.165, 1.54) is 4.31 Å². The van der Waals surface area contributed by atoms with Crippen LogP contribution in [0, 0.1) is 20.8 Å². The molecule has 0 aliphatic carbocycles. The van der Waals surface area contributed by atoms with Gasteiger partial charge in [0.05, 0.1) is 11.9 Å². The Morgan fingerprint density at radius 2 is 1.70 bits per heavy atom. The van der Waals surface area contributed by atoms with Gasteiger partial charge in [0.2, 0.25) is 15.9 Å². The van der Waals surface area contributed by atoms with Crippen molar-refractivity contribution >= 4 is 38.9 Å². The second-order valence-corrected chi connectivity index (χ2v) is 9.07. The minimum atomic E-state index is -3.67. The van der Waals surface area contributed by atoms with Gasteiger partial charge in [0.1, 0.15) is 6.04 Å². The minimum absolute atomic E-state index is 0.325. The van der Waals surface area contributed by atoms with E-state index < -0.39 is 22.0 Å². The van der Waals surface area contributed by atoms with Gasteiger partial charge in [-0.05, 0) is 68.1 Å². The molecule has 0 saturated heterocycles. The highest BCUT2D eigenvalue weighted by Gasteiger charge is 2.32. The summed E-state index contributed by atoms with van der Waals surface area (Å²) in [6.45, 7) is 7.43. The molecule has 0 aliphatic rings. The van der Waals surface area contributed by atoms with E-state index in [1.807, 2.05) is 26.8 Å². The van der Waals surface area contributed by atoms with E-state index in [4.69, 9.17) is 11.6 Å². The number of aryl methyl sites for hydroxylation is 3. The van der Waals surface area contributed by atoms with Crippen LogP contribution in [0.25, 0.3) is 0 Å². The lowest BCUT2D eigenvalue weighted by atomic mass is 10.1. The Labute approximate surface area is 166 Å². The van der Waals surface area contributed by atoms with Crippen molar-refractivity contribution in [2.24, 2.45) is 0 Å². The molecule has 2 rings (SSSR count). The zero-order valence-corrected chi connectivity index (χ0v) is 17.8. The van der Waals surface area contributed by atoms with Gasteiger partial charge < -0.3 is 5.32 Å². The number of sulfonamides is 1. The van der Waals surface area contributed by atoms with Crippen molar-refractivity contribution in [2.75, 3.05) is 15.9 Å². The zero-order valence-electron chi connectivity index (χ0n) is 16.2. The SMILES string of the molecule is CC[C@H](C(=O)Nc1cc(Cl)ccc1C)N(c1cc(C)cc(C)c1)S(C)(=O)=O. The molecule has 27 heavy (non-hydrogen) atoms. The maximum atomic E-state index is 13.0. The molecular formula is C20H25ClN2O3S. The average Bonchev–Trinajstić information content (AvgIpc) is 2.53. The maximum Gasteiger partial charge on any atom is 0.248 e. The number of benzene rings is 2. The second kappa shape index (κ2) is 8.31. The van der Waals surface area contributed by atoms with Gasteiger partial charge in [-0.1, -0.05) is 30.7 Å². The van der Waals surface area contributed by atoms with Gasteiger partial charge in [-0.2, -0.15) is 0 Å². The Morgan fingerprint density at radius 1 is 1.11 bits per heavy atom. The van der Waals surface area contributed by atoms with E-state index >= 15 is 0 Å². The van der Waals surface area contributed by atoms with Crippen LogP contribution >= 0.6 is 11.6 Å². The number of rotatable bonds is 6. The monoisotopic (exact) mass is 408 g/mol. The summed E-state index contributed by atoms with van der Waals surface area (Å²) in [4.78, 5) is 13.0. The maximum absolute atomic E-state index is 13.0. The minimum Gasteiger partial charge on any atom is -0.324 e. The van der Waals surface area contributed by atoms with Crippen LogP contribution in [-0.2, 0) is 14.8 Å². The van der Waals surface area contributed by atoms with Crippen LogP contribution < -0.4 is 9.62 Å². The highest BCUT2D eigenvalue weighted by Crippen LogP contribution is 2.27. The Kier molecular flexibility index (Phi) is 6.54. The molecule has 1 atom stereocenters. The third-order valence-electron chi connectivity index (χ3n) is 4.25. The zero-order chi connectivity index (χ0) is 20.4. The number of anilines is 2. The molecular weight excluding hydrogens is 384 g/mol. The molecule has 2 aromatic carbocycles. The summed E-state index contributed by atoms with van der Waals surface area (Å²) in [6.07, 6.45) is 1.44. The molecule has 0 radical (unpaired) electrons. The molecule has 0 aliphatic heterocycles. The molecule has 2 aromatic rings. The van der Waals surface area contributed by atoms with Gasteiger partial charge in [-0.15, -0.1) is 0 Å². The van der Waals surface area contributed by atoms with Gasteiger partial charge >= 0.3 is 0 Å². The molecule has 0 bridgehead atoms. The van der Waals surface area contributed by atoms with E-state index in [9.17, 15) is 13.2 Å². The van der Waals surface area contributed by atoms with Gasteiger partial charge in [0.15, 0.2) is 0 Å². The smallest absolute Gasteiger partial charge is 0.248 e. The van der Waals surface area contributed by atoms with E-state index in [0.29, 0.717) is 22.8 Å². The van der Waals surface area contributed by atoms with Crippen LogP contribution in [0.5, 0.6) is 0 Å². The summed E-state index contributed by atoms with van der Waals surface area (Å²) >= 11 is 6.02. The quantitative estimate of drug-likeness (QED) is 0.767. The van der Waals surface area contributed by atoms with Crippen molar-refractivity contribution in [3.8, 4) is 0 Å². The number of carbonyl (C=O) groups excluding carboxylic acids is 1. The summed E-state index contributed by atoms with van der Waals surface area (Å²) in [6, 6.07) is 9.83. The number of nitrogens with one attached hydrogen (secondary N) is 1. The van der Waals surface area contributed by atoms with E-state index in [0.717, 1.165) is 22.9 Å². The first-order valence-corrected chi connectivity index (χ1v) is 10.9. The summed E-state index contributed by atoms with van der Waals surface area (Å²) in [5.74, 6) is -0.396. The molecule has 1 N–H and O–H groups in total. The molecule has 7 heteroatoms. The average molecular weight is 409 g/mol. The van der Waals surface area contributed by atoms with Gasteiger partial charge in [-0.3, -0.25) is 9.10 Å². The van der Waals surface area contributed by atoms with E-state index in [2.05, 4.69) is 5.32 Å². The van der Waals surface area contributed by atoms with Crippen LogP contribution in [0.1, 0.15) is 30.0 Å². The fraction of sp³-hybridized carbons (Fsp3) is 0.350. The summed E-state index contributed by atoms with van der Waals surface area (Å²) in [7, 11) is -3.67. The first kappa shape index (κ1) is 21.3. The molecule has 0 saturated carbocycles. The number of hydrogen-bond donors (Lipinski definition) is 1. The van der Waals surface area contributed by atoms with Crippen LogP contribution in [-0.4, -0.2) is 26.6 Å². The van der Waals surface area contributed by atoms with Crippen molar-refractivity contribution in [3.63, 3.8) is 0 Å². The third-order valence-corrected chi connectivity index (χ3v) is 5.66. The third kappa shape index (κ3) is 5.23. The van der Waals surface area contributed by atoms with E-state index in [1.54, 1.807) is 37.3 Å². The summed E-state index contributed by atoms with van der Waals surface area (Å²) < 4.78 is 26.3. The van der Waals surface area contributed by atoms with Crippen LogP contribution in [0.3, 0.4) is 0 Å². The first-order chi connectivity index (χ1) is 12.5. The van der Waals surface area contributed by atoms with Crippen molar-refractivity contribution in [3.05, 3.63) is 58.1 Å². The fourth-order valence-electron chi connectivity index (χ4n) is 3.08. The van der Waals surface area contributed by atoms with Gasteiger partial charge in [0.25, 0.3) is 0 Å². The Balaban J connectivity index is 2.46. The molecule has 0 unspecified atom stereocenters. The first-order valence-electron chi connectivity index (χ1n) is 8.67. The highest BCUT2D eigenvalue weighted by molar-refractivity contribution is 7.92. The topological polar surface area (TPSA) is 66.5 Å². The number of amides is 1. The number of nitrogens with zero attached hydrogens (tertiary/aromatic N) is 1. The molecule has 1 amide bonds. The Morgan fingerprint density at radius 3 is 2.22 bits per heavy atom. The van der Waals surface area contributed by atoms with E-state index in [-0.39, 0.29) is 0 Å². The van der Waals surface area contributed by atoms with Crippen molar-refractivity contribution in [1.82, 2.24) is 0 Å². The molecule has 0 aromatic heterocycles. The molecule has 5 nitrogen and oxygen atoms in total. The summed E-state index contributed by atoms with van der Waals surface area (Å²) in [5.41, 5.74) is 3.76.